The van der Waals surface area contributed by atoms with E-state index >= 15 is 0 Å². The van der Waals surface area contributed by atoms with Crippen molar-refractivity contribution in [2.24, 2.45) is 11.1 Å². The summed E-state index contributed by atoms with van der Waals surface area (Å²) in [6.07, 6.45) is 5.06. The van der Waals surface area contributed by atoms with Gasteiger partial charge in [-0.2, -0.15) is 0 Å². The van der Waals surface area contributed by atoms with E-state index in [1.165, 1.54) is 30.4 Å². The van der Waals surface area contributed by atoms with E-state index in [-0.39, 0.29) is 0 Å². The standard InChI is InChI=1S/C15H24N2/c1-2-13-4-6-14(7-5-13)10-17-12-15(11-16)8-3-9-15/h4-7,17H,2-3,8-12,16H2,1H3. The molecule has 0 bridgehead atoms. The molecule has 2 nitrogen and oxygen atoms in total. The smallest absolute Gasteiger partial charge is 0.0205 e. The summed E-state index contributed by atoms with van der Waals surface area (Å²) in [4.78, 5) is 0. The third-order valence-corrected chi connectivity index (χ3v) is 4.11. The summed E-state index contributed by atoms with van der Waals surface area (Å²) in [5.74, 6) is 0. The molecule has 1 fully saturated rings. The molecule has 0 amide bonds. The Bertz CT molecular complexity index is 333. The van der Waals surface area contributed by atoms with Crippen molar-refractivity contribution in [1.82, 2.24) is 5.32 Å². The lowest BCUT2D eigenvalue weighted by molar-refractivity contribution is 0.141. The maximum atomic E-state index is 5.85. The van der Waals surface area contributed by atoms with Gasteiger partial charge >= 0.3 is 0 Å². The number of benzene rings is 1. The van der Waals surface area contributed by atoms with Crippen molar-refractivity contribution in [2.75, 3.05) is 13.1 Å². The van der Waals surface area contributed by atoms with Crippen molar-refractivity contribution in [3.05, 3.63) is 35.4 Å². The van der Waals surface area contributed by atoms with Crippen LogP contribution in [0.15, 0.2) is 24.3 Å². The topological polar surface area (TPSA) is 38.0 Å². The summed E-state index contributed by atoms with van der Waals surface area (Å²) in [5.41, 5.74) is 9.03. The fourth-order valence-electron chi connectivity index (χ4n) is 2.49. The molecule has 2 rings (SSSR count). The molecule has 1 aliphatic rings. The van der Waals surface area contributed by atoms with Gasteiger partial charge in [-0.1, -0.05) is 37.6 Å². The Morgan fingerprint density at radius 3 is 2.29 bits per heavy atom. The predicted octanol–water partition coefficient (Wildman–Crippen LogP) is 2.47. The van der Waals surface area contributed by atoms with Crippen molar-refractivity contribution in [1.29, 1.82) is 0 Å². The second-order valence-electron chi connectivity index (χ2n) is 5.33. The van der Waals surface area contributed by atoms with Crippen LogP contribution in [0.3, 0.4) is 0 Å². The average Bonchev–Trinajstić information content (AvgIpc) is 2.33. The van der Waals surface area contributed by atoms with Gasteiger partial charge in [0.15, 0.2) is 0 Å². The van der Waals surface area contributed by atoms with Crippen molar-refractivity contribution >= 4 is 0 Å². The lowest BCUT2D eigenvalue weighted by Crippen LogP contribution is -2.45. The Kier molecular flexibility index (Phi) is 4.19. The van der Waals surface area contributed by atoms with E-state index in [1.807, 2.05) is 0 Å². The highest BCUT2D eigenvalue weighted by molar-refractivity contribution is 5.22. The average molecular weight is 232 g/mol. The summed E-state index contributed by atoms with van der Waals surface area (Å²) in [6.45, 7) is 5.05. The largest absolute Gasteiger partial charge is 0.330 e. The first kappa shape index (κ1) is 12.6. The van der Waals surface area contributed by atoms with Gasteiger partial charge in [-0.15, -0.1) is 0 Å². The third kappa shape index (κ3) is 3.08. The van der Waals surface area contributed by atoms with Crippen molar-refractivity contribution < 1.29 is 0 Å². The van der Waals surface area contributed by atoms with Crippen molar-refractivity contribution in [3.8, 4) is 0 Å². The molecule has 0 unspecified atom stereocenters. The van der Waals surface area contributed by atoms with Crippen LogP contribution in [-0.4, -0.2) is 13.1 Å². The molecule has 0 aliphatic heterocycles. The minimum absolute atomic E-state index is 0.406. The van der Waals surface area contributed by atoms with E-state index in [4.69, 9.17) is 5.73 Å². The SMILES string of the molecule is CCc1ccc(CNCC2(CN)CCC2)cc1. The Balaban J connectivity index is 1.77. The molecular weight excluding hydrogens is 208 g/mol. The molecule has 0 aromatic heterocycles. The maximum Gasteiger partial charge on any atom is 0.0205 e. The number of nitrogens with two attached hydrogens (primary N) is 1. The van der Waals surface area contributed by atoms with Crippen LogP contribution >= 0.6 is 0 Å². The van der Waals surface area contributed by atoms with E-state index < -0.39 is 0 Å². The molecule has 3 N–H and O–H groups in total. The summed E-state index contributed by atoms with van der Waals surface area (Å²) >= 11 is 0. The van der Waals surface area contributed by atoms with Crippen LogP contribution in [0.2, 0.25) is 0 Å². The van der Waals surface area contributed by atoms with Crippen LogP contribution in [0.25, 0.3) is 0 Å². The molecule has 0 saturated heterocycles. The maximum absolute atomic E-state index is 5.85. The summed E-state index contributed by atoms with van der Waals surface area (Å²) in [6, 6.07) is 8.89. The normalized spacial score (nSPS) is 17.8. The van der Waals surface area contributed by atoms with Crippen molar-refractivity contribution in [3.63, 3.8) is 0 Å². The van der Waals surface area contributed by atoms with Gasteiger partial charge in [-0.3, -0.25) is 0 Å². The van der Waals surface area contributed by atoms with Crippen LogP contribution in [0.5, 0.6) is 0 Å². The van der Waals surface area contributed by atoms with E-state index in [2.05, 4.69) is 36.5 Å². The molecule has 94 valence electrons. The number of rotatable bonds is 6. The molecular formula is C15H24N2. The van der Waals surface area contributed by atoms with Crippen LogP contribution in [0.1, 0.15) is 37.3 Å². The first-order valence-electron chi connectivity index (χ1n) is 6.77. The molecule has 0 spiro atoms. The Hall–Kier alpha value is -0.860. The van der Waals surface area contributed by atoms with Crippen LogP contribution in [0, 0.1) is 5.41 Å². The number of nitrogens with one attached hydrogen (secondary N) is 1. The summed E-state index contributed by atoms with van der Waals surface area (Å²) < 4.78 is 0. The number of hydrogen-bond donors (Lipinski definition) is 2. The zero-order valence-electron chi connectivity index (χ0n) is 10.8. The van der Waals surface area contributed by atoms with Gasteiger partial charge in [0.2, 0.25) is 0 Å². The van der Waals surface area contributed by atoms with E-state index in [0.717, 1.165) is 26.1 Å². The minimum Gasteiger partial charge on any atom is -0.330 e. The monoisotopic (exact) mass is 232 g/mol. The van der Waals surface area contributed by atoms with Gasteiger partial charge < -0.3 is 11.1 Å². The van der Waals surface area contributed by atoms with E-state index in [1.54, 1.807) is 0 Å². The Morgan fingerprint density at radius 1 is 1.18 bits per heavy atom. The molecule has 1 saturated carbocycles. The predicted molar refractivity (Wildman–Crippen MR) is 72.9 cm³/mol. The first-order valence-corrected chi connectivity index (χ1v) is 6.77. The van der Waals surface area contributed by atoms with Crippen LogP contribution in [0.4, 0.5) is 0 Å². The van der Waals surface area contributed by atoms with Crippen LogP contribution < -0.4 is 11.1 Å². The quantitative estimate of drug-likeness (QED) is 0.790. The molecule has 0 heterocycles. The molecule has 0 atom stereocenters. The highest BCUT2D eigenvalue weighted by atomic mass is 14.9. The zero-order chi connectivity index (χ0) is 12.1. The zero-order valence-corrected chi connectivity index (χ0v) is 10.8. The van der Waals surface area contributed by atoms with Gasteiger partial charge in [0, 0.05) is 13.1 Å². The highest BCUT2D eigenvalue weighted by Gasteiger charge is 2.34. The fourth-order valence-corrected chi connectivity index (χ4v) is 2.49. The summed E-state index contributed by atoms with van der Waals surface area (Å²) in [5, 5.41) is 3.55. The fraction of sp³-hybridized carbons (Fsp3) is 0.600. The third-order valence-electron chi connectivity index (χ3n) is 4.11. The number of aryl methyl sites for hydroxylation is 1. The lowest BCUT2D eigenvalue weighted by Gasteiger charge is -2.41. The molecule has 1 aromatic rings. The Labute approximate surface area is 105 Å². The van der Waals surface area contributed by atoms with Gasteiger partial charge in [0.05, 0.1) is 0 Å². The Morgan fingerprint density at radius 2 is 1.82 bits per heavy atom. The minimum atomic E-state index is 0.406. The van der Waals surface area contributed by atoms with Gasteiger partial charge in [-0.05, 0) is 42.3 Å². The molecule has 0 radical (unpaired) electrons. The second kappa shape index (κ2) is 5.65. The highest BCUT2D eigenvalue weighted by Crippen LogP contribution is 2.39. The molecule has 17 heavy (non-hydrogen) atoms. The second-order valence-corrected chi connectivity index (χ2v) is 5.33. The lowest BCUT2D eigenvalue weighted by atomic mass is 9.69. The molecule has 2 heteroatoms. The van der Waals surface area contributed by atoms with Crippen molar-refractivity contribution in [2.45, 2.75) is 39.2 Å². The molecule has 1 aromatic carbocycles. The number of hydrogen-bond acceptors (Lipinski definition) is 2. The van der Waals surface area contributed by atoms with Crippen LogP contribution in [-0.2, 0) is 13.0 Å². The molecule has 1 aliphatic carbocycles. The van der Waals surface area contributed by atoms with Gasteiger partial charge in [-0.25, -0.2) is 0 Å². The van der Waals surface area contributed by atoms with Gasteiger partial charge in [0.1, 0.15) is 0 Å². The summed E-state index contributed by atoms with van der Waals surface area (Å²) in [7, 11) is 0. The van der Waals surface area contributed by atoms with Gasteiger partial charge in [0.25, 0.3) is 0 Å². The van der Waals surface area contributed by atoms with E-state index in [9.17, 15) is 0 Å². The van der Waals surface area contributed by atoms with E-state index in [0.29, 0.717) is 5.41 Å². The first-order chi connectivity index (χ1) is 8.28.